The molecule has 0 N–H and O–H groups in total. The molecule has 3 heteroatoms. The summed E-state index contributed by atoms with van der Waals surface area (Å²) in [5.74, 6) is 0.154. The minimum atomic E-state index is 0.154. The zero-order chi connectivity index (χ0) is 7.98. The average molecular weight is 161 g/mol. The number of hydrogen-bond acceptors (Lipinski definition) is 2. The van der Waals surface area contributed by atoms with Gasteiger partial charge in [0.15, 0.2) is 0 Å². The minimum Gasteiger partial charge on any atom is -0.287 e. The number of carbonyl (C=O) groups is 1. The zero-order valence-corrected chi connectivity index (χ0v) is 7.70. The fourth-order valence-corrected chi connectivity index (χ4v) is 1.25. The number of carbonyl (C=O) groups excluding carboxylic acids is 1. The number of rotatable bonds is 4. The van der Waals surface area contributed by atoms with Crippen molar-refractivity contribution in [1.29, 1.82) is 0 Å². The lowest BCUT2D eigenvalue weighted by molar-refractivity contribution is -0.123. The molecule has 0 atom stereocenters. The van der Waals surface area contributed by atoms with E-state index in [1.54, 1.807) is 11.2 Å². The van der Waals surface area contributed by atoms with Gasteiger partial charge in [-0.05, 0) is 6.42 Å². The van der Waals surface area contributed by atoms with Crippen molar-refractivity contribution in [3.63, 3.8) is 0 Å². The molecule has 0 heterocycles. The van der Waals surface area contributed by atoms with Gasteiger partial charge in [-0.3, -0.25) is 9.10 Å². The van der Waals surface area contributed by atoms with Crippen LogP contribution in [0, 0.1) is 0 Å². The Balaban J connectivity index is 3.50. The van der Waals surface area contributed by atoms with Crippen LogP contribution in [0.3, 0.4) is 0 Å². The summed E-state index contributed by atoms with van der Waals surface area (Å²) in [6.45, 7) is 4.61. The molecule has 0 fully saturated rings. The molecular weight excluding hydrogens is 146 g/mol. The highest BCUT2D eigenvalue weighted by Crippen LogP contribution is 2.06. The van der Waals surface area contributed by atoms with Gasteiger partial charge in [0.2, 0.25) is 5.91 Å². The van der Waals surface area contributed by atoms with E-state index in [9.17, 15) is 4.79 Å². The van der Waals surface area contributed by atoms with Gasteiger partial charge in [-0.25, -0.2) is 0 Å². The maximum atomic E-state index is 10.8. The highest BCUT2D eigenvalue weighted by atomic mass is 32.2. The van der Waals surface area contributed by atoms with Gasteiger partial charge < -0.3 is 0 Å². The Morgan fingerprint density at radius 1 is 1.60 bits per heavy atom. The quantitative estimate of drug-likeness (QED) is 0.587. The third-order valence-electron chi connectivity index (χ3n) is 1.29. The topological polar surface area (TPSA) is 20.3 Å². The maximum absolute atomic E-state index is 10.8. The van der Waals surface area contributed by atoms with Crippen LogP contribution in [-0.4, -0.2) is 23.0 Å². The van der Waals surface area contributed by atoms with Crippen LogP contribution in [-0.2, 0) is 4.79 Å². The van der Waals surface area contributed by atoms with Crippen molar-refractivity contribution in [2.75, 3.05) is 12.8 Å². The highest BCUT2D eigenvalue weighted by molar-refractivity contribution is 7.96. The summed E-state index contributed by atoms with van der Waals surface area (Å²) in [6, 6.07) is 0. The number of amides is 1. The van der Waals surface area contributed by atoms with Gasteiger partial charge in [0.05, 0.1) is 0 Å². The predicted molar refractivity (Wildman–Crippen MR) is 45.8 cm³/mol. The first kappa shape index (κ1) is 9.82. The normalized spacial score (nSPS) is 9.50. The fraction of sp³-hybridized carbons (Fsp3) is 0.857. The predicted octanol–water partition coefficient (Wildman–Crippen LogP) is 1.91. The Kier molecular flexibility index (Phi) is 5.49. The molecule has 60 valence electrons. The number of hydrogen-bond donors (Lipinski definition) is 0. The molecule has 0 aromatic heterocycles. The zero-order valence-electron chi connectivity index (χ0n) is 6.89. The van der Waals surface area contributed by atoms with E-state index in [4.69, 9.17) is 0 Å². The van der Waals surface area contributed by atoms with Gasteiger partial charge in [0.1, 0.15) is 0 Å². The molecule has 10 heavy (non-hydrogen) atoms. The lowest BCUT2D eigenvalue weighted by Crippen LogP contribution is -2.21. The molecular formula is C7H15NOS. The third kappa shape index (κ3) is 3.77. The Bertz CT molecular complexity index is 106. The van der Waals surface area contributed by atoms with Crippen LogP contribution in [0.15, 0.2) is 0 Å². The van der Waals surface area contributed by atoms with Gasteiger partial charge in [0.25, 0.3) is 0 Å². The highest BCUT2D eigenvalue weighted by Gasteiger charge is 2.03. The summed E-state index contributed by atoms with van der Waals surface area (Å²) in [4.78, 5) is 10.8. The standard InChI is InChI=1S/C7H15NOS/c1-4-5-6-8(10-3)7(2)9/h4-6H2,1-3H3. The molecule has 0 radical (unpaired) electrons. The van der Waals surface area contributed by atoms with Crippen molar-refractivity contribution in [3.05, 3.63) is 0 Å². The molecule has 0 aliphatic carbocycles. The van der Waals surface area contributed by atoms with Crippen molar-refractivity contribution in [1.82, 2.24) is 4.31 Å². The SMILES string of the molecule is CCCCN(SC)C(C)=O. The van der Waals surface area contributed by atoms with Crippen LogP contribution in [0.5, 0.6) is 0 Å². The van der Waals surface area contributed by atoms with Crippen molar-refractivity contribution >= 4 is 17.9 Å². The molecule has 0 aromatic carbocycles. The van der Waals surface area contributed by atoms with Crippen molar-refractivity contribution in [2.45, 2.75) is 26.7 Å². The smallest absolute Gasteiger partial charge is 0.229 e. The van der Waals surface area contributed by atoms with Crippen molar-refractivity contribution < 1.29 is 4.79 Å². The van der Waals surface area contributed by atoms with Crippen molar-refractivity contribution in [2.24, 2.45) is 0 Å². The van der Waals surface area contributed by atoms with E-state index in [1.807, 2.05) is 6.26 Å². The molecule has 0 rings (SSSR count). The van der Waals surface area contributed by atoms with Crippen LogP contribution in [0.4, 0.5) is 0 Å². The summed E-state index contributed by atoms with van der Waals surface area (Å²) in [5.41, 5.74) is 0. The van der Waals surface area contributed by atoms with E-state index in [0.29, 0.717) is 0 Å². The molecule has 0 spiro atoms. The lowest BCUT2D eigenvalue weighted by Gasteiger charge is -2.15. The fourth-order valence-electron chi connectivity index (χ4n) is 0.679. The number of nitrogens with zero attached hydrogens (tertiary/aromatic N) is 1. The van der Waals surface area contributed by atoms with Gasteiger partial charge >= 0.3 is 0 Å². The van der Waals surface area contributed by atoms with Crippen LogP contribution >= 0.6 is 11.9 Å². The molecule has 0 unspecified atom stereocenters. The second kappa shape index (κ2) is 5.59. The molecule has 0 saturated heterocycles. The summed E-state index contributed by atoms with van der Waals surface area (Å²) < 4.78 is 1.78. The van der Waals surface area contributed by atoms with Gasteiger partial charge in [-0.15, -0.1) is 0 Å². The largest absolute Gasteiger partial charge is 0.287 e. The molecule has 0 saturated carbocycles. The molecule has 0 aliphatic heterocycles. The van der Waals surface area contributed by atoms with Crippen LogP contribution in [0.2, 0.25) is 0 Å². The third-order valence-corrected chi connectivity index (χ3v) is 2.17. The first-order chi connectivity index (χ1) is 4.72. The van der Waals surface area contributed by atoms with Crippen LogP contribution in [0.1, 0.15) is 26.7 Å². The van der Waals surface area contributed by atoms with E-state index < -0.39 is 0 Å². The van der Waals surface area contributed by atoms with E-state index in [-0.39, 0.29) is 5.91 Å². The summed E-state index contributed by atoms with van der Waals surface area (Å²) in [6.07, 6.45) is 4.17. The summed E-state index contributed by atoms with van der Waals surface area (Å²) in [5, 5.41) is 0. The lowest BCUT2D eigenvalue weighted by atomic mass is 10.3. The Labute approximate surface area is 67.1 Å². The van der Waals surface area contributed by atoms with Crippen LogP contribution in [0.25, 0.3) is 0 Å². The Morgan fingerprint density at radius 3 is 2.50 bits per heavy atom. The summed E-state index contributed by atoms with van der Waals surface area (Å²) in [7, 11) is 0. The van der Waals surface area contributed by atoms with E-state index in [0.717, 1.165) is 19.4 Å². The maximum Gasteiger partial charge on any atom is 0.229 e. The second-order valence-corrected chi connectivity index (χ2v) is 2.96. The second-order valence-electron chi connectivity index (χ2n) is 2.16. The average Bonchev–Trinajstić information content (AvgIpc) is 1.89. The summed E-state index contributed by atoms with van der Waals surface area (Å²) >= 11 is 1.50. The van der Waals surface area contributed by atoms with E-state index in [2.05, 4.69) is 6.92 Å². The first-order valence-corrected chi connectivity index (χ1v) is 4.72. The molecule has 1 amide bonds. The first-order valence-electron chi connectivity index (χ1n) is 3.54. The molecule has 2 nitrogen and oxygen atoms in total. The van der Waals surface area contributed by atoms with E-state index >= 15 is 0 Å². The Hall–Kier alpha value is -0.180. The molecule has 0 aromatic rings. The molecule has 0 aliphatic rings. The number of unbranched alkanes of at least 4 members (excludes halogenated alkanes) is 1. The van der Waals surface area contributed by atoms with Gasteiger partial charge in [-0.2, -0.15) is 0 Å². The van der Waals surface area contributed by atoms with Gasteiger partial charge in [0, 0.05) is 19.7 Å². The molecule has 0 bridgehead atoms. The van der Waals surface area contributed by atoms with Gasteiger partial charge in [-0.1, -0.05) is 25.3 Å². The Morgan fingerprint density at radius 2 is 2.20 bits per heavy atom. The van der Waals surface area contributed by atoms with Crippen molar-refractivity contribution in [3.8, 4) is 0 Å². The van der Waals surface area contributed by atoms with E-state index in [1.165, 1.54) is 11.9 Å². The minimum absolute atomic E-state index is 0.154. The van der Waals surface area contributed by atoms with Crippen LogP contribution < -0.4 is 0 Å². The monoisotopic (exact) mass is 161 g/mol.